The number of esters is 1. The Morgan fingerprint density at radius 3 is 2.23 bits per heavy atom. The minimum atomic E-state index is -3.67. The molecule has 0 spiro atoms. The summed E-state index contributed by atoms with van der Waals surface area (Å²) in [7, 11) is -0.674. The quantitative estimate of drug-likeness (QED) is 0.714. The Kier molecular flexibility index (Phi) is 6.37. The number of carbonyl (C=O) groups is 1. The van der Waals surface area contributed by atoms with Crippen LogP contribution in [0.2, 0.25) is 0 Å². The van der Waals surface area contributed by atoms with Crippen LogP contribution < -0.4 is 4.74 Å². The highest BCUT2D eigenvalue weighted by molar-refractivity contribution is 7.89. The fraction of sp³-hybridized carbons (Fsp3) is 0.533. The van der Waals surface area contributed by atoms with E-state index in [9.17, 15) is 13.2 Å². The van der Waals surface area contributed by atoms with E-state index in [1.807, 2.05) is 0 Å². The Hall–Kier alpha value is -1.60. The molecular weight excluding hydrogens is 306 g/mol. The zero-order valence-corrected chi connectivity index (χ0v) is 14.5. The number of methoxy groups -OCH3 is 1. The van der Waals surface area contributed by atoms with Gasteiger partial charge >= 0.3 is 5.97 Å². The summed E-state index contributed by atoms with van der Waals surface area (Å²) in [6.45, 7) is 5.52. The third-order valence-electron chi connectivity index (χ3n) is 3.27. The van der Waals surface area contributed by atoms with Crippen LogP contribution in [0.25, 0.3) is 0 Å². The van der Waals surface area contributed by atoms with Crippen LogP contribution in [-0.2, 0) is 19.6 Å². The van der Waals surface area contributed by atoms with Crippen LogP contribution in [0.4, 0.5) is 0 Å². The Morgan fingerprint density at radius 1 is 1.23 bits per heavy atom. The molecule has 0 saturated carbocycles. The molecule has 0 unspecified atom stereocenters. The van der Waals surface area contributed by atoms with Crippen molar-refractivity contribution >= 4 is 16.0 Å². The number of hydrogen-bond acceptors (Lipinski definition) is 5. The lowest BCUT2D eigenvalue weighted by Crippen LogP contribution is -2.30. The summed E-state index contributed by atoms with van der Waals surface area (Å²) in [4.78, 5) is 11.6. The molecule has 22 heavy (non-hydrogen) atoms. The van der Waals surface area contributed by atoms with Gasteiger partial charge in [0, 0.05) is 13.6 Å². The predicted octanol–water partition coefficient (Wildman–Crippen LogP) is 1.89. The number of benzene rings is 1. The van der Waals surface area contributed by atoms with Gasteiger partial charge in [0.25, 0.3) is 0 Å². The smallest absolute Gasteiger partial charge is 0.307 e. The molecule has 0 aliphatic heterocycles. The number of carbonyl (C=O) groups excluding carboxylic acids is 1. The monoisotopic (exact) mass is 329 g/mol. The summed E-state index contributed by atoms with van der Waals surface area (Å²) < 4.78 is 36.5. The third kappa shape index (κ3) is 4.20. The zero-order chi connectivity index (χ0) is 16.9. The SMILES string of the molecule is CCOC(=O)CCN(C)S(=O)(=O)c1c(C)cc(OC)cc1C. The van der Waals surface area contributed by atoms with E-state index in [0.29, 0.717) is 16.9 Å². The van der Waals surface area contributed by atoms with E-state index in [2.05, 4.69) is 0 Å². The Bertz CT molecular complexity index is 616. The van der Waals surface area contributed by atoms with Crippen molar-refractivity contribution in [2.45, 2.75) is 32.1 Å². The summed E-state index contributed by atoms with van der Waals surface area (Å²) >= 11 is 0. The molecule has 1 aromatic carbocycles. The van der Waals surface area contributed by atoms with E-state index >= 15 is 0 Å². The molecule has 0 bridgehead atoms. The van der Waals surface area contributed by atoms with Gasteiger partial charge in [-0.1, -0.05) is 0 Å². The molecule has 1 rings (SSSR count). The van der Waals surface area contributed by atoms with Gasteiger partial charge in [0.1, 0.15) is 5.75 Å². The van der Waals surface area contributed by atoms with Crippen LogP contribution in [0.15, 0.2) is 17.0 Å². The predicted molar refractivity (Wildman–Crippen MR) is 83.5 cm³/mol. The largest absolute Gasteiger partial charge is 0.497 e. The van der Waals surface area contributed by atoms with E-state index in [1.165, 1.54) is 18.5 Å². The lowest BCUT2D eigenvalue weighted by Gasteiger charge is -2.20. The summed E-state index contributed by atoms with van der Waals surface area (Å²) in [5.74, 6) is 0.204. The molecule has 0 saturated heterocycles. The van der Waals surface area contributed by atoms with E-state index in [1.54, 1.807) is 32.9 Å². The Morgan fingerprint density at radius 2 is 1.77 bits per heavy atom. The van der Waals surface area contributed by atoms with Gasteiger partial charge in [0.05, 0.1) is 25.0 Å². The summed E-state index contributed by atoms with van der Waals surface area (Å²) in [6, 6.07) is 3.36. The molecule has 0 atom stereocenters. The van der Waals surface area contributed by atoms with Crippen molar-refractivity contribution in [3.05, 3.63) is 23.3 Å². The first-order chi connectivity index (χ1) is 10.2. The second kappa shape index (κ2) is 7.60. The Balaban J connectivity index is 3.01. The van der Waals surface area contributed by atoms with Gasteiger partial charge < -0.3 is 9.47 Å². The highest BCUT2D eigenvalue weighted by atomic mass is 32.2. The van der Waals surface area contributed by atoms with Gasteiger partial charge in [0.2, 0.25) is 10.0 Å². The lowest BCUT2D eigenvalue weighted by molar-refractivity contribution is -0.143. The topological polar surface area (TPSA) is 72.9 Å². The molecule has 6 nitrogen and oxygen atoms in total. The summed E-state index contributed by atoms with van der Waals surface area (Å²) in [5.41, 5.74) is 1.22. The minimum absolute atomic E-state index is 0.0256. The molecule has 0 heterocycles. The van der Waals surface area contributed by atoms with Crippen molar-refractivity contribution in [1.82, 2.24) is 4.31 Å². The van der Waals surface area contributed by atoms with Crippen molar-refractivity contribution in [1.29, 1.82) is 0 Å². The van der Waals surface area contributed by atoms with Crippen molar-refractivity contribution in [2.24, 2.45) is 0 Å². The maximum Gasteiger partial charge on any atom is 0.307 e. The van der Waals surface area contributed by atoms with Gasteiger partial charge in [-0.15, -0.1) is 0 Å². The number of ether oxygens (including phenoxy) is 2. The second-order valence-electron chi connectivity index (χ2n) is 4.97. The van der Waals surface area contributed by atoms with Gasteiger partial charge in [-0.3, -0.25) is 4.79 Å². The lowest BCUT2D eigenvalue weighted by atomic mass is 10.1. The normalized spacial score (nSPS) is 11.5. The van der Waals surface area contributed by atoms with E-state index < -0.39 is 16.0 Å². The fourth-order valence-electron chi connectivity index (χ4n) is 2.19. The number of sulfonamides is 1. The molecule has 0 fully saturated rings. The average molecular weight is 329 g/mol. The molecule has 7 heteroatoms. The minimum Gasteiger partial charge on any atom is -0.497 e. The summed E-state index contributed by atoms with van der Waals surface area (Å²) in [6.07, 6.45) is 0.0256. The molecule has 0 aliphatic rings. The van der Waals surface area contributed by atoms with Gasteiger partial charge in [-0.25, -0.2) is 12.7 Å². The molecule has 0 N–H and O–H groups in total. The van der Waals surface area contributed by atoms with Crippen LogP contribution in [0.3, 0.4) is 0 Å². The van der Waals surface area contributed by atoms with Crippen LogP contribution in [0.1, 0.15) is 24.5 Å². The van der Waals surface area contributed by atoms with Crippen molar-refractivity contribution < 1.29 is 22.7 Å². The number of aryl methyl sites for hydroxylation is 2. The first kappa shape index (κ1) is 18.4. The summed E-state index contributed by atoms with van der Waals surface area (Å²) in [5, 5.41) is 0. The Labute approximate surface area is 132 Å². The van der Waals surface area contributed by atoms with Gasteiger partial charge in [0.15, 0.2) is 0 Å². The van der Waals surface area contributed by atoms with Crippen molar-refractivity contribution in [2.75, 3.05) is 27.3 Å². The maximum absolute atomic E-state index is 12.7. The third-order valence-corrected chi connectivity index (χ3v) is 5.44. The van der Waals surface area contributed by atoms with E-state index in [0.717, 1.165) is 0 Å². The second-order valence-corrected chi connectivity index (χ2v) is 6.95. The van der Waals surface area contributed by atoms with Crippen LogP contribution >= 0.6 is 0 Å². The molecule has 124 valence electrons. The molecule has 0 aromatic heterocycles. The fourth-order valence-corrected chi connectivity index (χ4v) is 3.77. The standard InChI is InChI=1S/C15H23NO5S/c1-6-21-14(17)7-8-16(4)22(18,19)15-11(2)9-13(20-5)10-12(15)3/h9-10H,6-8H2,1-5H3. The number of nitrogens with zero attached hydrogens (tertiary/aromatic N) is 1. The first-order valence-electron chi connectivity index (χ1n) is 7.01. The molecule has 0 radical (unpaired) electrons. The van der Waals surface area contributed by atoms with Crippen molar-refractivity contribution in [3.8, 4) is 5.75 Å². The zero-order valence-electron chi connectivity index (χ0n) is 13.7. The van der Waals surface area contributed by atoms with Crippen LogP contribution in [0, 0.1) is 13.8 Å². The van der Waals surface area contributed by atoms with E-state index in [4.69, 9.17) is 9.47 Å². The highest BCUT2D eigenvalue weighted by Gasteiger charge is 2.25. The van der Waals surface area contributed by atoms with Gasteiger partial charge in [-0.2, -0.15) is 0 Å². The van der Waals surface area contributed by atoms with Crippen molar-refractivity contribution in [3.63, 3.8) is 0 Å². The van der Waals surface area contributed by atoms with E-state index in [-0.39, 0.29) is 24.5 Å². The number of rotatable bonds is 7. The molecular formula is C15H23NO5S. The van der Waals surface area contributed by atoms with Crippen LogP contribution in [-0.4, -0.2) is 46.0 Å². The number of hydrogen-bond donors (Lipinski definition) is 0. The molecule has 1 aromatic rings. The van der Waals surface area contributed by atoms with Gasteiger partial charge in [-0.05, 0) is 44.0 Å². The highest BCUT2D eigenvalue weighted by Crippen LogP contribution is 2.27. The first-order valence-corrected chi connectivity index (χ1v) is 8.45. The average Bonchev–Trinajstić information content (AvgIpc) is 2.43. The maximum atomic E-state index is 12.7. The van der Waals surface area contributed by atoms with Crippen LogP contribution in [0.5, 0.6) is 5.75 Å². The molecule has 0 aliphatic carbocycles. The molecule has 0 amide bonds.